The van der Waals surface area contributed by atoms with Gasteiger partial charge in [0, 0.05) is 26.6 Å². The monoisotopic (exact) mass is 421 g/mol. The molecule has 1 aliphatic heterocycles. The van der Waals surface area contributed by atoms with E-state index in [0.717, 1.165) is 30.8 Å². The van der Waals surface area contributed by atoms with Gasteiger partial charge in [-0.15, -0.1) is 11.3 Å². The Morgan fingerprint density at radius 3 is 2.62 bits per heavy atom. The first-order valence-corrected chi connectivity index (χ1v) is 9.93. The SMILES string of the molecule is Cc1c(C(=O)N(C)Cc2ccc(C(F)(F)F)cc2)sc2nc3n(c(=O)c12)CCC3. The van der Waals surface area contributed by atoms with Crippen LogP contribution in [0.25, 0.3) is 10.2 Å². The summed E-state index contributed by atoms with van der Waals surface area (Å²) in [5.41, 5.74) is 0.356. The quantitative estimate of drug-likeness (QED) is 0.642. The number of halogens is 3. The topological polar surface area (TPSA) is 55.2 Å². The maximum absolute atomic E-state index is 13.0. The van der Waals surface area contributed by atoms with Crippen molar-refractivity contribution >= 4 is 27.5 Å². The summed E-state index contributed by atoms with van der Waals surface area (Å²) in [6.07, 6.45) is -2.75. The molecule has 9 heteroatoms. The normalized spacial score (nSPS) is 13.7. The van der Waals surface area contributed by atoms with Gasteiger partial charge in [0.2, 0.25) is 0 Å². The number of carbonyl (C=O) groups is 1. The number of hydrogen-bond donors (Lipinski definition) is 0. The summed E-state index contributed by atoms with van der Waals surface area (Å²) in [5.74, 6) is 0.468. The number of hydrogen-bond acceptors (Lipinski definition) is 4. The van der Waals surface area contributed by atoms with Crippen molar-refractivity contribution in [3.63, 3.8) is 0 Å². The van der Waals surface area contributed by atoms with Crippen LogP contribution in [-0.4, -0.2) is 27.4 Å². The molecular formula is C20H18F3N3O2S. The molecule has 0 aliphatic carbocycles. The highest BCUT2D eigenvalue weighted by atomic mass is 32.1. The van der Waals surface area contributed by atoms with Crippen molar-refractivity contribution in [3.8, 4) is 0 Å². The fourth-order valence-corrected chi connectivity index (χ4v) is 4.78. The molecule has 4 rings (SSSR count). The third kappa shape index (κ3) is 3.43. The van der Waals surface area contributed by atoms with E-state index in [-0.39, 0.29) is 18.0 Å². The number of rotatable bonds is 3. The molecule has 3 aromatic rings. The zero-order chi connectivity index (χ0) is 20.9. The van der Waals surface area contributed by atoms with Crippen LogP contribution in [0.15, 0.2) is 29.1 Å². The van der Waals surface area contributed by atoms with E-state index in [4.69, 9.17) is 0 Å². The van der Waals surface area contributed by atoms with Gasteiger partial charge in [-0.2, -0.15) is 13.2 Å². The Balaban J connectivity index is 1.61. The highest BCUT2D eigenvalue weighted by Gasteiger charge is 2.30. The maximum atomic E-state index is 13.0. The van der Waals surface area contributed by atoms with Crippen LogP contribution in [0, 0.1) is 6.92 Å². The lowest BCUT2D eigenvalue weighted by Crippen LogP contribution is -2.26. The summed E-state index contributed by atoms with van der Waals surface area (Å²) in [6.45, 7) is 2.54. The molecule has 0 unspecified atom stereocenters. The number of thiophene rings is 1. The summed E-state index contributed by atoms with van der Waals surface area (Å²) in [5, 5.41) is 0.479. The Kier molecular flexibility index (Phi) is 4.72. The van der Waals surface area contributed by atoms with Crippen LogP contribution >= 0.6 is 11.3 Å². The predicted molar refractivity (Wildman–Crippen MR) is 104 cm³/mol. The van der Waals surface area contributed by atoms with Crippen molar-refractivity contribution in [3.05, 3.63) is 62.0 Å². The minimum absolute atomic E-state index is 0.110. The van der Waals surface area contributed by atoms with Crippen molar-refractivity contribution < 1.29 is 18.0 Å². The Hall–Kier alpha value is -2.68. The van der Waals surface area contributed by atoms with E-state index in [0.29, 0.717) is 32.8 Å². The third-order valence-corrected chi connectivity index (χ3v) is 6.33. The molecule has 2 aromatic heterocycles. The first kappa shape index (κ1) is 19.6. The van der Waals surface area contributed by atoms with Crippen molar-refractivity contribution in [2.75, 3.05) is 7.05 Å². The van der Waals surface area contributed by atoms with Crippen LogP contribution in [0.5, 0.6) is 0 Å². The molecule has 1 aliphatic rings. The minimum atomic E-state index is -4.39. The van der Waals surface area contributed by atoms with Gasteiger partial charge in [-0.1, -0.05) is 12.1 Å². The van der Waals surface area contributed by atoms with E-state index in [1.54, 1.807) is 18.5 Å². The van der Waals surface area contributed by atoms with Gasteiger partial charge >= 0.3 is 6.18 Å². The molecule has 29 heavy (non-hydrogen) atoms. The average Bonchev–Trinajstić information content (AvgIpc) is 3.26. The molecule has 0 saturated heterocycles. The molecule has 3 heterocycles. The Morgan fingerprint density at radius 2 is 1.97 bits per heavy atom. The second-order valence-corrected chi connectivity index (χ2v) is 8.18. The van der Waals surface area contributed by atoms with E-state index < -0.39 is 11.7 Å². The molecule has 0 bridgehead atoms. The summed E-state index contributed by atoms with van der Waals surface area (Å²) in [6, 6.07) is 4.74. The number of alkyl halides is 3. The number of carbonyl (C=O) groups excluding carboxylic acids is 1. The van der Waals surface area contributed by atoms with Gasteiger partial charge in [0.05, 0.1) is 15.8 Å². The fourth-order valence-electron chi connectivity index (χ4n) is 3.60. The molecule has 0 radical (unpaired) electrons. The van der Waals surface area contributed by atoms with E-state index in [2.05, 4.69) is 4.98 Å². The zero-order valence-corrected chi connectivity index (χ0v) is 16.7. The maximum Gasteiger partial charge on any atom is 0.416 e. The highest BCUT2D eigenvalue weighted by Crippen LogP contribution is 2.31. The molecule has 152 valence electrons. The van der Waals surface area contributed by atoms with Gasteiger partial charge in [0.15, 0.2) is 0 Å². The van der Waals surface area contributed by atoms with Gasteiger partial charge in [-0.05, 0) is 36.6 Å². The number of benzene rings is 1. The van der Waals surface area contributed by atoms with Crippen LogP contribution in [-0.2, 0) is 25.7 Å². The molecule has 1 aromatic carbocycles. The molecule has 0 atom stereocenters. The number of aryl methyl sites for hydroxylation is 2. The van der Waals surface area contributed by atoms with Crippen LogP contribution in [0.3, 0.4) is 0 Å². The molecule has 0 saturated carbocycles. The van der Waals surface area contributed by atoms with Crippen LogP contribution in [0.2, 0.25) is 0 Å². The summed E-state index contributed by atoms with van der Waals surface area (Å²) in [4.78, 5) is 32.7. The highest BCUT2D eigenvalue weighted by molar-refractivity contribution is 7.20. The number of amides is 1. The van der Waals surface area contributed by atoms with Crippen LogP contribution in [0.4, 0.5) is 13.2 Å². The summed E-state index contributed by atoms with van der Waals surface area (Å²) < 4.78 is 39.8. The second kappa shape index (κ2) is 6.98. The molecule has 0 N–H and O–H groups in total. The zero-order valence-electron chi connectivity index (χ0n) is 15.8. The predicted octanol–water partition coefficient (Wildman–Crippen LogP) is 4.00. The number of nitrogens with zero attached hydrogens (tertiary/aromatic N) is 3. The molecular weight excluding hydrogens is 403 g/mol. The van der Waals surface area contributed by atoms with E-state index in [1.807, 2.05) is 0 Å². The van der Waals surface area contributed by atoms with E-state index >= 15 is 0 Å². The number of fused-ring (bicyclic) bond motifs is 2. The lowest BCUT2D eigenvalue weighted by Gasteiger charge is -2.17. The van der Waals surface area contributed by atoms with Crippen molar-refractivity contribution in [1.82, 2.24) is 14.5 Å². The molecule has 0 spiro atoms. The van der Waals surface area contributed by atoms with E-state index in [1.165, 1.54) is 28.4 Å². The Labute approximate surface area is 168 Å². The standard InChI is InChI=1S/C20H18F3N3O2S/c1-11-15-17(24-14-4-3-9-26(14)18(15)27)29-16(11)19(28)25(2)10-12-5-7-13(8-6-12)20(21,22)23/h5-8H,3-4,9-10H2,1-2H3. The minimum Gasteiger partial charge on any atom is -0.337 e. The summed E-state index contributed by atoms with van der Waals surface area (Å²) >= 11 is 1.19. The van der Waals surface area contributed by atoms with Gasteiger partial charge in [0.25, 0.3) is 11.5 Å². The van der Waals surface area contributed by atoms with Crippen molar-refractivity contribution in [2.45, 2.75) is 39.0 Å². The first-order valence-electron chi connectivity index (χ1n) is 9.11. The lowest BCUT2D eigenvalue weighted by molar-refractivity contribution is -0.137. The van der Waals surface area contributed by atoms with Gasteiger partial charge in [-0.3, -0.25) is 14.2 Å². The fraction of sp³-hybridized carbons (Fsp3) is 0.350. The van der Waals surface area contributed by atoms with E-state index in [9.17, 15) is 22.8 Å². The number of aromatic nitrogens is 2. The Bertz CT molecular complexity index is 1160. The molecule has 0 fully saturated rings. The molecule has 1 amide bonds. The summed E-state index contributed by atoms with van der Waals surface area (Å²) in [7, 11) is 1.59. The average molecular weight is 421 g/mol. The lowest BCUT2D eigenvalue weighted by atomic mass is 10.1. The largest absolute Gasteiger partial charge is 0.416 e. The van der Waals surface area contributed by atoms with Crippen LogP contribution in [0.1, 0.15) is 38.6 Å². The van der Waals surface area contributed by atoms with Gasteiger partial charge < -0.3 is 4.90 Å². The first-order chi connectivity index (χ1) is 13.7. The van der Waals surface area contributed by atoms with Crippen molar-refractivity contribution in [1.29, 1.82) is 0 Å². The Morgan fingerprint density at radius 1 is 1.28 bits per heavy atom. The third-order valence-electron chi connectivity index (χ3n) is 5.15. The smallest absolute Gasteiger partial charge is 0.337 e. The molecule has 5 nitrogen and oxygen atoms in total. The van der Waals surface area contributed by atoms with Crippen molar-refractivity contribution in [2.24, 2.45) is 0 Å². The second-order valence-electron chi connectivity index (χ2n) is 7.18. The van der Waals surface area contributed by atoms with Crippen LogP contribution < -0.4 is 5.56 Å². The van der Waals surface area contributed by atoms with Gasteiger partial charge in [0.1, 0.15) is 10.7 Å². The van der Waals surface area contributed by atoms with Gasteiger partial charge in [-0.25, -0.2) is 4.98 Å².